The molecule has 2 rings (SSSR count). The third kappa shape index (κ3) is 4.74. The van der Waals surface area contributed by atoms with Crippen LogP contribution in [0.15, 0.2) is 18.2 Å². The maximum atomic E-state index is 11.9. The van der Waals surface area contributed by atoms with E-state index in [-0.39, 0.29) is 11.4 Å². The maximum Gasteiger partial charge on any atom is 0.234 e. The minimum absolute atomic E-state index is 0.0546. The quantitative estimate of drug-likeness (QED) is 0.892. The number of nitrogens with one attached hydrogen (secondary N) is 2. The molecule has 1 aromatic carbocycles. The van der Waals surface area contributed by atoms with Crippen LogP contribution in [0.4, 0.5) is 0 Å². The number of methoxy groups -OCH3 is 1. The van der Waals surface area contributed by atoms with E-state index in [1.807, 2.05) is 26.8 Å². The van der Waals surface area contributed by atoms with Gasteiger partial charge in [0, 0.05) is 11.6 Å². The van der Waals surface area contributed by atoms with Crippen molar-refractivity contribution in [1.29, 1.82) is 0 Å². The number of hydrogen-bond donors (Lipinski definition) is 2. The second-order valence-electron chi connectivity index (χ2n) is 6.75. The van der Waals surface area contributed by atoms with Gasteiger partial charge in [-0.15, -0.1) is 0 Å². The number of fused-ring (bicyclic) bond motifs is 1. The van der Waals surface area contributed by atoms with Gasteiger partial charge in [-0.3, -0.25) is 4.79 Å². The van der Waals surface area contributed by atoms with Crippen LogP contribution in [-0.2, 0) is 17.6 Å². The first-order chi connectivity index (χ1) is 9.87. The molecule has 0 saturated heterocycles. The summed E-state index contributed by atoms with van der Waals surface area (Å²) in [6, 6.07) is 6.63. The number of hydrogen-bond acceptors (Lipinski definition) is 3. The van der Waals surface area contributed by atoms with Crippen molar-refractivity contribution in [2.45, 2.75) is 51.6 Å². The summed E-state index contributed by atoms with van der Waals surface area (Å²) < 4.78 is 5.28. The smallest absolute Gasteiger partial charge is 0.234 e. The standard InChI is InChI=1S/C17H26N2O2/c1-17(2,3)19-16(20)11-18-14-7-5-12-6-8-15(21-4)10-13(12)9-14/h6,8,10,14,18H,5,7,9,11H2,1-4H3,(H,19,20). The fraction of sp³-hybridized carbons (Fsp3) is 0.588. The molecule has 0 spiro atoms. The second-order valence-corrected chi connectivity index (χ2v) is 6.75. The van der Waals surface area contributed by atoms with Gasteiger partial charge < -0.3 is 15.4 Å². The lowest BCUT2D eigenvalue weighted by Crippen LogP contribution is -2.47. The van der Waals surface area contributed by atoms with Gasteiger partial charge in [0.05, 0.1) is 13.7 Å². The average Bonchev–Trinajstić information content (AvgIpc) is 2.42. The fourth-order valence-electron chi connectivity index (χ4n) is 2.73. The molecule has 116 valence electrons. The summed E-state index contributed by atoms with van der Waals surface area (Å²) in [6.07, 6.45) is 3.08. The second kappa shape index (κ2) is 6.48. The van der Waals surface area contributed by atoms with E-state index in [4.69, 9.17) is 4.74 Å². The molecular formula is C17H26N2O2. The van der Waals surface area contributed by atoms with E-state index in [0.29, 0.717) is 12.6 Å². The Balaban J connectivity index is 1.88. The lowest BCUT2D eigenvalue weighted by atomic mass is 9.88. The van der Waals surface area contributed by atoms with E-state index >= 15 is 0 Å². The Hall–Kier alpha value is -1.55. The van der Waals surface area contributed by atoms with Crippen molar-refractivity contribution < 1.29 is 9.53 Å². The van der Waals surface area contributed by atoms with Crippen LogP contribution in [0.3, 0.4) is 0 Å². The van der Waals surface area contributed by atoms with Crippen molar-refractivity contribution >= 4 is 5.91 Å². The van der Waals surface area contributed by atoms with Crippen LogP contribution < -0.4 is 15.4 Å². The van der Waals surface area contributed by atoms with E-state index in [1.54, 1.807) is 7.11 Å². The number of carbonyl (C=O) groups excluding carboxylic acids is 1. The van der Waals surface area contributed by atoms with Crippen LogP contribution in [0.2, 0.25) is 0 Å². The van der Waals surface area contributed by atoms with Gasteiger partial charge in [0.2, 0.25) is 5.91 Å². The summed E-state index contributed by atoms with van der Waals surface area (Å²) in [6.45, 7) is 6.36. The van der Waals surface area contributed by atoms with Gasteiger partial charge in [0.15, 0.2) is 0 Å². The Labute approximate surface area is 127 Å². The largest absolute Gasteiger partial charge is 0.497 e. The normalized spacial score (nSPS) is 18.0. The lowest BCUT2D eigenvalue weighted by Gasteiger charge is -2.27. The molecule has 0 aliphatic heterocycles. The number of rotatable bonds is 4. The Morgan fingerprint density at radius 2 is 2.10 bits per heavy atom. The molecule has 1 unspecified atom stereocenters. The van der Waals surface area contributed by atoms with Crippen LogP contribution >= 0.6 is 0 Å². The summed E-state index contributed by atoms with van der Waals surface area (Å²) in [5.41, 5.74) is 2.55. The van der Waals surface area contributed by atoms with Crippen LogP contribution in [0.5, 0.6) is 5.75 Å². The van der Waals surface area contributed by atoms with E-state index < -0.39 is 0 Å². The lowest BCUT2D eigenvalue weighted by molar-refractivity contribution is -0.121. The van der Waals surface area contributed by atoms with Crippen molar-refractivity contribution in [3.63, 3.8) is 0 Å². The van der Waals surface area contributed by atoms with Gasteiger partial charge in [0.1, 0.15) is 5.75 Å². The minimum atomic E-state index is -0.175. The Kier molecular flexibility index (Phi) is 4.88. The monoisotopic (exact) mass is 290 g/mol. The molecular weight excluding hydrogens is 264 g/mol. The van der Waals surface area contributed by atoms with E-state index in [2.05, 4.69) is 22.8 Å². The predicted octanol–water partition coefficient (Wildman–Crippen LogP) is 2.06. The molecule has 21 heavy (non-hydrogen) atoms. The molecule has 1 aliphatic carbocycles. The van der Waals surface area contributed by atoms with Crippen molar-refractivity contribution in [2.24, 2.45) is 0 Å². The number of ether oxygens (including phenoxy) is 1. The van der Waals surface area contributed by atoms with Crippen LogP contribution in [0.1, 0.15) is 38.3 Å². The number of carbonyl (C=O) groups is 1. The molecule has 0 fully saturated rings. The maximum absolute atomic E-state index is 11.9. The fourth-order valence-corrected chi connectivity index (χ4v) is 2.73. The van der Waals surface area contributed by atoms with Crippen LogP contribution in [0, 0.1) is 0 Å². The first-order valence-corrected chi connectivity index (χ1v) is 7.57. The highest BCUT2D eigenvalue weighted by Crippen LogP contribution is 2.25. The molecule has 4 nitrogen and oxygen atoms in total. The molecule has 1 aromatic rings. The number of aryl methyl sites for hydroxylation is 1. The van der Waals surface area contributed by atoms with Crippen molar-refractivity contribution in [3.8, 4) is 5.75 Å². The highest BCUT2D eigenvalue weighted by Gasteiger charge is 2.20. The third-order valence-electron chi connectivity index (χ3n) is 3.71. The van der Waals surface area contributed by atoms with Crippen molar-refractivity contribution in [2.75, 3.05) is 13.7 Å². The van der Waals surface area contributed by atoms with Gasteiger partial charge in [-0.25, -0.2) is 0 Å². The summed E-state index contributed by atoms with van der Waals surface area (Å²) >= 11 is 0. The number of amides is 1. The minimum Gasteiger partial charge on any atom is -0.497 e. The van der Waals surface area contributed by atoms with Gasteiger partial charge >= 0.3 is 0 Å². The molecule has 1 aliphatic rings. The molecule has 0 saturated carbocycles. The molecule has 0 radical (unpaired) electrons. The average molecular weight is 290 g/mol. The Morgan fingerprint density at radius 1 is 1.33 bits per heavy atom. The summed E-state index contributed by atoms with van der Waals surface area (Å²) in [7, 11) is 1.69. The first kappa shape index (κ1) is 15.8. The van der Waals surface area contributed by atoms with Gasteiger partial charge in [0.25, 0.3) is 0 Å². The topological polar surface area (TPSA) is 50.4 Å². The molecule has 1 atom stereocenters. The number of benzene rings is 1. The zero-order chi connectivity index (χ0) is 15.5. The Bertz CT molecular complexity index is 506. The molecule has 4 heteroatoms. The van der Waals surface area contributed by atoms with Crippen molar-refractivity contribution in [3.05, 3.63) is 29.3 Å². The van der Waals surface area contributed by atoms with Gasteiger partial charge in [-0.2, -0.15) is 0 Å². The van der Waals surface area contributed by atoms with E-state index in [1.165, 1.54) is 11.1 Å². The Morgan fingerprint density at radius 3 is 2.76 bits per heavy atom. The van der Waals surface area contributed by atoms with E-state index in [0.717, 1.165) is 25.0 Å². The SMILES string of the molecule is COc1ccc2c(c1)CC(NCC(=O)NC(C)(C)C)CC2. The molecule has 2 N–H and O–H groups in total. The molecule has 1 amide bonds. The van der Waals surface area contributed by atoms with Gasteiger partial charge in [-0.05, 0) is 63.3 Å². The molecule has 0 bridgehead atoms. The van der Waals surface area contributed by atoms with Crippen LogP contribution in [-0.4, -0.2) is 31.1 Å². The molecule has 0 heterocycles. The predicted molar refractivity (Wildman–Crippen MR) is 84.7 cm³/mol. The highest BCUT2D eigenvalue weighted by molar-refractivity contribution is 5.78. The van der Waals surface area contributed by atoms with E-state index in [9.17, 15) is 4.79 Å². The van der Waals surface area contributed by atoms with Crippen molar-refractivity contribution in [1.82, 2.24) is 10.6 Å². The summed E-state index contributed by atoms with van der Waals surface area (Å²) in [5, 5.41) is 6.34. The highest BCUT2D eigenvalue weighted by atomic mass is 16.5. The summed E-state index contributed by atoms with van der Waals surface area (Å²) in [4.78, 5) is 11.9. The van der Waals surface area contributed by atoms with Gasteiger partial charge in [-0.1, -0.05) is 6.07 Å². The first-order valence-electron chi connectivity index (χ1n) is 7.57. The third-order valence-corrected chi connectivity index (χ3v) is 3.71. The molecule has 0 aromatic heterocycles. The summed E-state index contributed by atoms with van der Waals surface area (Å²) in [5.74, 6) is 0.957. The zero-order valence-corrected chi connectivity index (χ0v) is 13.5. The van der Waals surface area contributed by atoms with Crippen LogP contribution in [0.25, 0.3) is 0 Å². The zero-order valence-electron chi connectivity index (χ0n) is 13.5.